The van der Waals surface area contributed by atoms with Crippen molar-refractivity contribution in [2.75, 3.05) is 26.7 Å². The molecular formula is C26H34F3N3O. The minimum atomic E-state index is -4.38. The maximum Gasteiger partial charge on any atom is 0.416 e. The van der Waals surface area contributed by atoms with Gasteiger partial charge in [-0.2, -0.15) is 13.2 Å². The first-order chi connectivity index (χ1) is 15.7. The van der Waals surface area contributed by atoms with Crippen LogP contribution in [0.25, 0.3) is 0 Å². The van der Waals surface area contributed by atoms with Gasteiger partial charge in [0.25, 0.3) is 0 Å². The molecule has 1 aliphatic carbocycles. The Morgan fingerprint density at radius 3 is 2.52 bits per heavy atom. The minimum absolute atomic E-state index is 0.0178. The van der Waals surface area contributed by atoms with Crippen LogP contribution in [0, 0.1) is 6.92 Å². The van der Waals surface area contributed by atoms with Crippen LogP contribution in [0.4, 0.5) is 13.2 Å². The molecule has 2 aromatic rings. The monoisotopic (exact) mass is 461 g/mol. The zero-order valence-electron chi connectivity index (χ0n) is 19.8. The molecule has 0 spiro atoms. The van der Waals surface area contributed by atoms with Crippen molar-refractivity contribution < 1.29 is 17.9 Å². The Balaban J connectivity index is 1.37. The summed E-state index contributed by atoms with van der Waals surface area (Å²) < 4.78 is 46.9. The summed E-state index contributed by atoms with van der Waals surface area (Å²) in [6.45, 7) is 8.36. The van der Waals surface area contributed by atoms with Crippen LogP contribution in [0.1, 0.15) is 66.5 Å². The van der Waals surface area contributed by atoms with E-state index < -0.39 is 11.7 Å². The van der Waals surface area contributed by atoms with Gasteiger partial charge in [-0.15, -0.1) is 0 Å². The van der Waals surface area contributed by atoms with Crippen molar-refractivity contribution in [3.8, 4) is 5.75 Å². The molecule has 0 N–H and O–H groups in total. The minimum Gasteiger partial charge on any atom is -0.487 e. The van der Waals surface area contributed by atoms with Crippen LogP contribution in [-0.2, 0) is 19.3 Å². The Kier molecular flexibility index (Phi) is 7.29. The SMILES string of the molecule is CCN(C)C1CN(Cc2ccc(OCc3cc(C(F)(F)F)c(C4CCCC4)cn3)cc2C)C1. The largest absolute Gasteiger partial charge is 0.487 e. The van der Waals surface area contributed by atoms with Gasteiger partial charge >= 0.3 is 6.18 Å². The Bertz CT molecular complexity index is 950. The van der Waals surface area contributed by atoms with Crippen LogP contribution in [0.15, 0.2) is 30.5 Å². The van der Waals surface area contributed by atoms with Crippen LogP contribution in [0.5, 0.6) is 5.75 Å². The topological polar surface area (TPSA) is 28.6 Å². The number of aryl methyl sites for hydroxylation is 1. The van der Waals surface area contributed by atoms with Gasteiger partial charge in [-0.3, -0.25) is 9.88 Å². The smallest absolute Gasteiger partial charge is 0.416 e. The van der Waals surface area contributed by atoms with Crippen LogP contribution in [0.2, 0.25) is 0 Å². The number of ether oxygens (including phenoxy) is 1. The van der Waals surface area contributed by atoms with Gasteiger partial charge in [-0.25, -0.2) is 0 Å². The second-order valence-corrected chi connectivity index (χ2v) is 9.54. The van der Waals surface area contributed by atoms with E-state index in [0.29, 0.717) is 23.0 Å². The lowest BCUT2D eigenvalue weighted by Gasteiger charge is -2.44. The molecule has 1 saturated heterocycles. The van der Waals surface area contributed by atoms with Gasteiger partial charge in [-0.05, 0) is 74.2 Å². The molecule has 1 saturated carbocycles. The molecule has 2 aliphatic rings. The van der Waals surface area contributed by atoms with Gasteiger partial charge in [0.15, 0.2) is 0 Å². The molecule has 1 aromatic carbocycles. The highest BCUT2D eigenvalue weighted by molar-refractivity contribution is 5.36. The van der Waals surface area contributed by atoms with Crippen molar-refractivity contribution in [3.05, 3.63) is 58.4 Å². The van der Waals surface area contributed by atoms with E-state index in [1.54, 1.807) is 0 Å². The lowest BCUT2D eigenvalue weighted by Crippen LogP contribution is -2.57. The Morgan fingerprint density at radius 1 is 1.15 bits per heavy atom. The molecule has 4 rings (SSSR count). The summed E-state index contributed by atoms with van der Waals surface area (Å²) in [5.41, 5.74) is 2.45. The number of hydrogen-bond donors (Lipinski definition) is 0. The van der Waals surface area contributed by atoms with Crippen molar-refractivity contribution in [2.24, 2.45) is 0 Å². The van der Waals surface area contributed by atoms with Crippen LogP contribution in [0.3, 0.4) is 0 Å². The summed E-state index contributed by atoms with van der Waals surface area (Å²) >= 11 is 0. The van der Waals surface area contributed by atoms with Gasteiger partial charge in [0.1, 0.15) is 12.4 Å². The fourth-order valence-corrected chi connectivity index (χ4v) is 4.94. The van der Waals surface area contributed by atoms with Crippen LogP contribution >= 0.6 is 0 Å². The first-order valence-corrected chi connectivity index (χ1v) is 12.0. The summed E-state index contributed by atoms with van der Waals surface area (Å²) in [6.07, 6.45) is 0.615. The number of aromatic nitrogens is 1. The van der Waals surface area contributed by atoms with Crippen molar-refractivity contribution in [2.45, 2.75) is 70.8 Å². The molecule has 2 heterocycles. The third-order valence-corrected chi connectivity index (χ3v) is 7.25. The third kappa shape index (κ3) is 5.69. The molecule has 1 aromatic heterocycles. The molecule has 4 nitrogen and oxygen atoms in total. The molecule has 180 valence electrons. The van der Waals surface area contributed by atoms with Gasteiger partial charge < -0.3 is 9.64 Å². The molecule has 0 radical (unpaired) electrons. The highest BCUT2D eigenvalue weighted by Gasteiger charge is 2.36. The van der Waals surface area contributed by atoms with Crippen molar-refractivity contribution in [3.63, 3.8) is 0 Å². The van der Waals surface area contributed by atoms with E-state index in [0.717, 1.165) is 57.4 Å². The van der Waals surface area contributed by atoms with Crippen molar-refractivity contribution >= 4 is 0 Å². The number of benzene rings is 1. The normalized spacial score (nSPS) is 18.2. The molecule has 0 bridgehead atoms. The predicted octanol–water partition coefficient (Wildman–Crippen LogP) is 5.78. The zero-order valence-corrected chi connectivity index (χ0v) is 19.8. The van der Waals surface area contributed by atoms with Gasteiger partial charge in [0.05, 0.1) is 11.3 Å². The number of alkyl halides is 3. The summed E-state index contributed by atoms with van der Waals surface area (Å²) in [5, 5.41) is 0. The highest BCUT2D eigenvalue weighted by atomic mass is 19.4. The van der Waals surface area contributed by atoms with Gasteiger partial charge in [-0.1, -0.05) is 25.8 Å². The molecule has 0 amide bonds. The van der Waals surface area contributed by atoms with E-state index >= 15 is 0 Å². The second-order valence-electron chi connectivity index (χ2n) is 9.54. The summed E-state index contributed by atoms with van der Waals surface area (Å²) in [5.74, 6) is 0.613. The maximum atomic E-state index is 13.7. The quantitative estimate of drug-likeness (QED) is 0.498. The molecule has 1 aliphatic heterocycles. The fourth-order valence-electron chi connectivity index (χ4n) is 4.94. The van der Waals surface area contributed by atoms with Gasteiger partial charge in [0.2, 0.25) is 0 Å². The van der Waals surface area contributed by atoms with Crippen LogP contribution < -0.4 is 4.74 Å². The lowest BCUT2D eigenvalue weighted by molar-refractivity contribution is -0.138. The number of rotatable bonds is 8. The van der Waals surface area contributed by atoms with Crippen LogP contribution in [-0.4, -0.2) is 47.5 Å². The fraction of sp³-hybridized carbons (Fsp3) is 0.577. The van der Waals surface area contributed by atoms with Crippen molar-refractivity contribution in [1.29, 1.82) is 0 Å². The number of nitrogens with zero attached hydrogens (tertiary/aromatic N) is 3. The van der Waals surface area contributed by atoms with E-state index in [1.165, 1.54) is 17.8 Å². The zero-order chi connectivity index (χ0) is 23.6. The van der Waals surface area contributed by atoms with Crippen molar-refractivity contribution in [1.82, 2.24) is 14.8 Å². The number of pyridine rings is 1. The molecule has 7 heteroatoms. The average molecular weight is 462 g/mol. The summed E-state index contributed by atoms with van der Waals surface area (Å²) in [6, 6.07) is 7.71. The average Bonchev–Trinajstić information content (AvgIpc) is 3.29. The molecule has 0 atom stereocenters. The van der Waals surface area contributed by atoms with E-state index in [2.05, 4.69) is 34.8 Å². The highest BCUT2D eigenvalue weighted by Crippen LogP contribution is 2.41. The second kappa shape index (κ2) is 10.0. The number of likely N-dealkylation sites (N-methyl/N-ethyl adjacent to an activating group) is 1. The van der Waals surface area contributed by atoms with E-state index in [9.17, 15) is 13.2 Å². The number of halogens is 3. The van der Waals surface area contributed by atoms with E-state index in [-0.39, 0.29) is 12.5 Å². The maximum absolute atomic E-state index is 13.7. The first kappa shape index (κ1) is 24.0. The molecule has 0 unspecified atom stereocenters. The summed E-state index contributed by atoms with van der Waals surface area (Å²) in [7, 11) is 2.16. The first-order valence-electron chi connectivity index (χ1n) is 12.0. The summed E-state index contributed by atoms with van der Waals surface area (Å²) in [4.78, 5) is 9.10. The van der Waals surface area contributed by atoms with E-state index in [1.807, 2.05) is 19.1 Å². The Hall–Kier alpha value is -2.12. The Morgan fingerprint density at radius 2 is 1.88 bits per heavy atom. The predicted molar refractivity (Wildman–Crippen MR) is 123 cm³/mol. The standard InChI is InChI=1S/C26H34F3N3O/c1-4-31(3)22-15-32(16-22)14-20-9-10-23(11-18(20)2)33-17-21-12-25(26(27,28)29)24(13-30-21)19-7-5-6-8-19/h9-13,19,22H,4-8,14-17H2,1-3H3. The molecule has 33 heavy (non-hydrogen) atoms. The van der Waals surface area contributed by atoms with Gasteiger partial charge in [0, 0.05) is 31.9 Å². The number of hydrogen-bond acceptors (Lipinski definition) is 4. The Labute approximate surface area is 194 Å². The lowest BCUT2D eigenvalue weighted by atomic mass is 9.94. The molecule has 2 fully saturated rings. The third-order valence-electron chi connectivity index (χ3n) is 7.25. The molecular weight excluding hydrogens is 427 g/mol. The number of likely N-dealkylation sites (tertiary alicyclic amines) is 1. The van der Waals surface area contributed by atoms with E-state index in [4.69, 9.17) is 4.74 Å².